The summed E-state index contributed by atoms with van der Waals surface area (Å²) in [6.07, 6.45) is 6.45. The van der Waals surface area contributed by atoms with Gasteiger partial charge in [0.2, 0.25) is 11.7 Å². The lowest BCUT2D eigenvalue weighted by Gasteiger charge is -2.26. The maximum Gasteiger partial charge on any atom is 0.245 e. The Balaban J connectivity index is 1.36. The first kappa shape index (κ1) is 24.0. The second kappa shape index (κ2) is 8.61. The van der Waals surface area contributed by atoms with Gasteiger partial charge in [-0.25, -0.2) is 9.97 Å². The molecule has 3 atom stereocenters. The molecule has 10 nitrogen and oxygen atoms in total. The van der Waals surface area contributed by atoms with E-state index >= 15 is 0 Å². The molecule has 1 aliphatic carbocycles. The van der Waals surface area contributed by atoms with Crippen molar-refractivity contribution in [1.82, 2.24) is 34.6 Å². The minimum absolute atomic E-state index is 0.00845. The van der Waals surface area contributed by atoms with Crippen LogP contribution in [0.3, 0.4) is 0 Å². The first-order chi connectivity index (χ1) is 18.2. The quantitative estimate of drug-likeness (QED) is 0.363. The molecular formula is C28H27N7O3. The topological polar surface area (TPSA) is 124 Å². The van der Waals surface area contributed by atoms with Gasteiger partial charge in [0.1, 0.15) is 23.8 Å². The number of carbonyl (C=O) groups is 3. The fraction of sp³-hybridized carbons (Fsp3) is 0.357. The van der Waals surface area contributed by atoms with E-state index in [4.69, 9.17) is 4.98 Å². The number of nitrogens with zero attached hydrogens (tertiary/aromatic N) is 7. The standard InChI is InChI=1S/C28H27N7O3/c1-15-26-19(9-21(32-15)18-12-30-17(3)31-13-18)25(16(2)36)33-34(26)14-24(37)35-22(10-28(4)11-23(28)35)27(38)20-7-5-6-8-29-20/h5-9,12-13,22-23H,10-11,14H2,1-4H3. The average molecular weight is 510 g/mol. The number of ketones is 2. The van der Waals surface area contributed by atoms with E-state index in [1.165, 1.54) is 6.92 Å². The zero-order valence-electron chi connectivity index (χ0n) is 21.7. The number of likely N-dealkylation sites (tertiary alicyclic amines) is 1. The normalized spacial score (nSPS) is 21.9. The molecule has 0 radical (unpaired) electrons. The van der Waals surface area contributed by atoms with Crippen LogP contribution in [-0.2, 0) is 11.3 Å². The lowest BCUT2D eigenvalue weighted by molar-refractivity contribution is -0.133. The maximum absolute atomic E-state index is 13.8. The van der Waals surface area contributed by atoms with E-state index in [1.54, 1.807) is 59.4 Å². The summed E-state index contributed by atoms with van der Waals surface area (Å²) in [4.78, 5) is 58.8. The van der Waals surface area contributed by atoms with Gasteiger partial charge in [-0.3, -0.25) is 29.0 Å². The second-order valence-corrected chi connectivity index (χ2v) is 10.5. The fourth-order valence-corrected chi connectivity index (χ4v) is 5.69. The van der Waals surface area contributed by atoms with Gasteiger partial charge in [0.25, 0.3) is 0 Å². The summed E-state index contributed by atoms with van der Waals surface area (Å²) in [6, 6.07) is 6.45. The Labute approximate surface area is 219 Å². The van der Waals surface area contributed by atoms with Crippen LogP contribution in [-0.4, -0.2) is 64.2 Å². The molecule has 6 rings (SSSR count). The van der Waals surface area contributed by atoms with Crippen molar-refractivity contribution in [2.45, 2.75) is 59.2 Å². The molecule has 0 aromatic carbocycles. The number of aromatic nitrogens is 6. The highest BCUT2D eigenvalue weighted by molar-refractivity contribution is 6.06. The number of amides is 1. The molecule has 5 heterocycles. The van der Waals surface area contributed by atoms with Gasteiger partial charge in [0, 0.05) is 42.5 Å². The van der Waals surface area contributed by atoms with Crippen LogP contribution < -0.4 is 0 Å². The van der Waals surface area contributed by atoms with Gasteiger partial charge in [-0.2, -0.15) is 5.10 Å². The number of fused-ring (bicyclic) bond motifs is 2. The lowest BCUT2D eigenvalue weighted by Crippen LogP contribution is -2.45. The summed E-state index contributed by atoms with van der Waals surface area (Å²) < 4.78 is 1.55. The SMILES string of the molecule is CC(=O)c1nn(CC(=O)N2C(C(=O)c3ccccn3)CC3(C)CC23)c2c(C)nc(-c3cnc(C)nc3)cc12. The molecule has 0 spiro atoms. The van der Waals surface area contributed by atoms with Gasteiger partial charge in [-0.15, -0.1) is 0 Å². The van der Waals surface area contributed by atoms with Crippen LogP contribution in [0.5, 0.6) is 0 Å². The van der Waals surface area contributed by atoms with Crippen LogP contribution in [0.25, 0.3) is 22.2 Å². The Bertz CT molecular complexity index is 1610. The van der Waals surface area contributed by atoms with Crippen molar-refractivity contribution in [3.63, 3.8) is 0 Å². The van der Waals surface area contributed by atoms with Crippen molar-refractivity contribution in [2.24, 2.45) is 5.41 Å². The molecule has 4 aromatic rings. The largest absolute Gasteiger partial charge is 0.327 e. The third kappa shape index (κ3) is 3.87. The Hall–Kier alpha value is -4.34. The molecular weight excluding hydrogens is 482 g/mol. The van der Waals surface area contributed by atoms with Gasteiger partial charge in [0.05, 0.1) is 22.9 Å². The minimum atomic E-state index is -0.567. The number of hydrogen-bond acceptors (Lipinski definition) is 8. The summed E-state index contributed by atoms with van der Waals surface area (Å²) in [6.45, 7) is 7.10. The number of aryl methyl sites for hydroxylation is 2. The van der Waals surface area contributed by atoms with Crippen LogP contribution in [0, 0.1) is 19.3 Å². The highest BCUT2D eigenvalue weighted by atomic mass is 16.2. The predicted molar refractivity (Wildman–Crippen MR) is 138 cm³/mol. The molecule has 1 saturated heterocycles. The second-order valence-electron chi connectivity index (χ2n) is 10.5. The third-order valence-corrected chi connectivity index (χ3v) is 7.74. The Morgan fingerprint density at radius 3 is 2.53 bits per heavy atom. The summed E-state index contributed by atoms with van der Waals surface area (Å²) in [7, 11) is 0. The molecule has 192 valence electrons. The highest BCUT2D eigenvalue weighted by Gasteiger charge is 2.64. The van der Waals surface area contributed by atoms with E-state index in [0.717, 1.165) is 12.0 Å². The molecule has 3 unspecified atom stereocenters. The summed E-state index contributed by atoms with van der Waals surface area (Å²) in [5, 5.41) is 5.16. The van der Waals surface area contributed by atoms with E-state index in [-0.39, 0.29) is 41.2 Å². The Kier molecular flexibility index (Phi) is 5.44. The first-order valence-corrected chi connectivity index (χ1v) is 12.6. The van der Waals surface area contributed by atoms with Crippen LogP contribution in [0.15, 0.2) is 42.9 Å². The van der Waals surface area contributed by atoms with Gasteiger partial charge < -0.3 is 4.90 Å². The number of Topliss-reactive ketones (excluding diaryl/α,β-unsaturated/α-hetero) is 2. The Morgan fingerprint density at radius 1 is 1.08 bits per heavy atom. The van der Waals surface area contributed by atoms with Crippen molar-refractivity contribution in [3.05, 3.63) is 65.8 Å². The molecule has 4 aromatic heterocycles. The smallest absolute Gasteiger partial charge is 0.245 e. The number of piperidine rings is 1. The van der Waals surface area contributed by atoms with Gasteiger partial charge in [-0.1, -0.05) is 13.0 Å². The third-order valence-electron chi connectivity index (χ3n) is 7.74. The van der Waals surface area contributed by atoms with Gasteiger partial charge in [-0.05, 0) is 50.3 Å². The molecule has 38 heavy (non-hydrogen) atoms. The van der Waals surface area contributed by atoms with E-state index in [2.05, 4.69) is 27.0 Å². The molecule has 1 amide bonds. The van der Waals surface area contributed by atoms with Crippen LogP contribution in [0.4, 0.5) is 0 Å². The van der Waals surface area contributed by atoms with E-state index in [9.17, 15) is 14.4 Å². The minimum Gasteiger partial charge on any atom is -0.327 e. The van der Waals surface area contributed by atoms with Crippen molar-refractivity contribution in [1.29, 1.82) is 0 Å². The zero-order chi connectivity index (χ0) is 26.8. The average Bonchev–Trinajstić information content (AvgIpc) is 3.25. The molecule has 2 fully saturated rings. The molecule has 10 heteroatoms. The van der Waals surface area contributed by atoms with Crippen LogP contribution in [0.2, 0.25) is 0 Å². The maximum atomic E-state index is 13.8. The first-order valence-electron chi connectivity index (χ1n) is 12.6. The van der Waals surface area contributed by atoms with E-state index < -0.39 is 6.04 Å². The van der Waals surface area contributed by atoms with Crippen LogP contribution >= 0.6 is 0 Å². The number of hydrogen-bond donors (Lipinski definition) is 0. The molecule has 1 aliphatic heterocycles. The predicted octanol–water partition coefficient (Wildman–Crippen LogP) is 3.37. The van der Waals surface area contributed by atoms with E-state index in [0.29, 0.717) is 40.2 Å². The molecule has 2 aliphatic rings. The molecule has 0 bridgehead atoms. The molecule has 1 saturated carbocycles. The number of rotatable bonds is 6. The molecule has 0 N–H and O–H groups in total. The van der Waals surface area contributed by atoms with Crippen molar-refractivity contribution in [2.75, 3.05) is 0 Å². The van der Waals surface area contributed by atoms with Gasteiger partial charge in [0.15, 0.2) is 5.78 Å². The Morgan fingerprint density at radius 2 is 1.84 bits per heavy atom. The number of carbonyl (C=O) groups excluding carboxylic acids is 3. The number of pyridine rings is 2. The lowest BCUT2D eigenvalue weighted by atomic mass is 9.97. The summed E-state index contributed by atoms with van der Waals surface area (Å²) in [5.74, 6) is 0.0817. The van der Waals surface area contributed by atoms with Crippen molar-refractivity contribution < 1.29 is 14.4 Å². The monoisotopic (exact) mass is 509 g/mol. The fourth-order valence-electron chi connectivity index (χ4n) is 5.69. The summed E-state index contributed by atoms with van der Waals surface area (Å²) >= 11 is 0. The van der Waals surface area contributed by atoms with E-state index in [1.807, 2.05) is 6.92 Å². The van der Waals surface area contributed by atoms with Crippen molar-refractivity contribution >= 4 is 28.4 Å². The highest BCUT2D eigenvalue weighted by Crippen LogP contribution is 2.59. The zero-order valence-corrected chi connectivity index (χ0v) is 21.7. The van der Waals surface area contributed by atoms with Crippen molar-refractivity contribution in [3.8, 4) is 11.3 Å². The van der Waals surface area contributed by atoms with Crippen LogP contribution in [0.1, 0.15) is 59.2 Å². The summed E-state index contributed by atoms with van der Waals surface area (Å²) in [5.41, 5.74) is 3.15. The van der Waals surface area contributed by atoms with Gasteiger partial charge >= 0.3 is 0 Å².